The number of nitrogens with zero attached hydrogens (tertiary/aromatic N) is 3. The molecule has 1 saturated carbocycles. The number of aromatic nitrogens is 3. The lowest BCUT2D eigenvalue weighted by Gasteiger charge is -2.08. The van der Waals surface area contributed by atoms with Crippen molar-refractivity contribution in [2.75, 3.05) is 11.9 Å². The van der Waals surface area contributed by atoms with Gasteiger partial charge in [-0.15, -0.1) is 0 Å². The minimum Gasteiger partial charge on any atom is -0.336 e. The molecular weight excluding hydrogens is 378 g/mol. The molecule has 2 N–H and O–H groups in total. The highest BCUT2D eigenvalue weighted by atomic mass is 35.5. The first-order valence-corrected chi connectivity index (χ1v) is 9.56. The largest absolute Gasteiger partial charge is 0.350 e. The minimum absolute atomic E-state index is 0.193. The number of urea groups is 1. The van der Waals surface area contributed by atoms with Gasteiger partial charge in [-0.1, -0.05) is 41.9 Å². The van der Waals surface area contributed by atoms with Crippen molar-refractivity contribution in [1.82, 2.24) is 19.7 Å². The molecule has 1 aromatic heterocycles. The number of para-hydroxylation sites is 2. The Balaban J connectivity index is 1.43. The highest BCUT2D eigenvalue weighted by molar-refractivity contribution is 6.33. The number of anilines is 1. The summed E-state index contributed by atoms with van der Waals surface area (Å²) in [5.41, 5.74) is 1.15. The number of halogens is 1. The van der Waals surface area contributed by atoms with Crippen LogP contribution in [0.5, 0.6) is 0 Å². The first-order chi connectivity index (χ1) is 13.6. The van der Waals surface area contributed by atoms with Gasteiger partial charge in [0.1, 0.15) is 5.82 Å². The van der Waals surface area contributed by atoms with Crippen LogP contribution in [0.2, 0.25) is 5.02 Å². The van der Waals surface area contributed by atoms with Gasteiger partial charge in [0.05, 0.1) is 22.9 Å². The van der Waals surface area contributed by atoms with E-state index in [0.29, 0.717) is 16.6 Å². The van der Waals surface area contributed by atoms with Gasteiger partial charge in [-0.25, -0.2) is 18.8 Å². The normalized spacial score (nSPS) is 13.3. The van der Waals surface area contributed by atoms with Gasteiger partial charge in [0.15, 0.2) is 0 Å². The standard InChI is InChI=1S/C20H20ClN5O2/c21-16-8-4-5-9-17(16)23-19(27)22-12-13-25-20(28)26(15-6-2-1-3-7-15)18(24-25)14-10-11-14/h1-9,14H,10-13H2,(H2,22,23,27). The number of hydrogen-bond donors (Lipinski definition) is 2. The van der Waals surface area contributed by atoms with Gasteiger partial charge >= 0.3 is 11.7 Å². The molecule has 8 heteroatoms. The average Bonchev–Trinajstić information content (AvgIpc) is 3.49. The van der Waals surface area contributed by atoms with Crippen LogP contribution < -0.4 is 16.3 Å². The Kier molecular flexibility index (Phi) is 5.16. The van der Waals surface area contributed by atoms with Crippen molar-refractivity contribution in [2.45, 2.75) is 25.3 Å². The summed E-state index contributed by atoms with van der Waals surface area (Å²) < 4.78 is 3.08. The van der Waals surface area contributed by atoms with E-state index in [1.165, 1.54) is 4.68 Å². The predicted molar refractivity (Wildman–Crippen MR) is 108 cm³/mol. The molecule has 1 aliphatic carbocycles. The predicted octanol–water partition coefficient (Wildman–Crippen LogP) is 3.39. The van der Waals surface area contributed by atoms with Gasteiger partial charge in [0.25, 0.3) is 0 Å². The lowest BCUT2D eigenvalue weighted by atomic mass is 10.3. The minimum atomic E-state index is -0.383. The number of amides is 2. The fourth-order valence-corrected chi connectivity index (χ4v) is 3.18. The van der Waals surface area contributed by atoms with Crippen molar-refractivity contribution in [1.29, 1.82) is 0 Å². The molecule has 7 nitrogen and oxygen atoms in total. The second kappa shape index (κ2) is 7.90. The Morgan fingerprint density at radius 3 is 2.54 bits per heavy atom. The van der Waals surface area contributed by atoms with E-state index in [1.54, 1.807) is 28.8 Å². The zero-order valence-corrected chi connectivity index (χ0v) is 15.9. The Morgan fingerprint density at radius 2 is 1.82 bits per heavy atom. The lowest BCUT2D eigenvalue weighted by Crippen LogP contribution is -2.34. The Morgan fingerprint density at radius 1 is 1.11 bits per heavy atom. The van der Waals surface area contributed by atoms with Gasteiger partial charge in [0, 0.05) is 12.5 Å². The molecule has 1 aliphatic rings. The van der Waals surface area contributed by atoms with Crippen LogP contribution in [0.15, 0.2) is 59.4 Å². The highest BCUT2D eigenvalue weighted by Gasteiger charge is 2.31. The van der Waals surface area contributed by atoms with E-state index in [1.807, 2.05) is 30.3 Å². The van der Waals surface area contributed by atoms with E-state index < -0.39 is 0 Å². The second-order valence-corrected chi connectivity index (χ2v) is 7.08. The molecule has 0 atom stereocenters. The number of hydrogen-bond acceptors (Lipinski definition) is 3. The van der Waals surface area contributed by atoms with E-state index in [0.717, 1.165) is 24.4 Å². The van der Waals surface area contributed by atoms with E-state index in [4.69, 9.17) is 11.6 Å². The van der Waals surface area contributed by atoms with Crippen molar-refractivity contribution < 1.29 is 4.79 Å². The summed E-state index contributed by atoms with van der Waals surface area (Å²) in [7, 11) is 0. The van der Waals surface area contributed by atoms with Crippen LogP contribution in [0.1, 0.15) is 24.6 Å². The molecule has 0 saturated heterocycles. The molecule has 0 spiro atoms. The summed E-state index contributed by atoms with van der Waals surface area (Å²) in [6, 6.07) is 16.1. The van der Waals surface area contributed by atoms with Gasteiger partial charge in [0.2, 0.25) is 0 Å². The van der Waals surface area contributed by atoms with Crippen LogP contribution in [-0.4, -0.2) is 26.9 Å². The quantitative estimate of drug-likeness (QED) is 0.669. The summed E-state index contributed by atoms with van der Waals surface area (Å²) in [4.78, 5) is 24.9. The number of benzene rings is 2. The topological polar surface area (TPSA) is 81.0 Å². The van der Waals surface area contributed by atoms with Crippen LogP contribution >= 0.6 is 11.6 Å². The maximum Gasteiger partial charge on any atom is 0.350 e. The van der Waals surface area contributed by atoms with Crippen LogP contribution in [0, 0.1) is 0 Å². The van der Waals surface area contributed by atoms with E-state index in [-0.39, 0.29) is 24.8 Å². The molecule has 1 heterocycles. The number of rotatable bonds is 6. The Labute approximate surface area is 166 Å². The first-order valence-electron chi connectivity index (χ1n) is 9.18. The van der Waals surface area contributed by atoms with Crippen molar-refractivity contribution in [2.24, 2.45) is 0 Å². The number of carbonyl (C=O) groups excluding carboxylic acids is 1. The second-order valence-electron chi connectivity index (χ2n) is 6.67. The fraction of sp³-hybridized carbons (Fsp3) is 0.250. The molecule has 0 bridgehead atoms. The smallest absolute Gasteiger partial charge is 0.336 e. The Hall–Kier alpha value is -3.06. The number of carbonyl (C=O) groups is 1. The van der Waals surface area contributed by atoms with Crippen molar-refractivity contribution in [3.05, 3.63) is 75.9 Å². The molecule has 0 unspecified atom stereocenters. The van der Waals surface area contributed by atoms with Crippen molar-refractivity contribution in [3.8, 4) is 5.69 Å². The maximum absolute atomic E-state index is 12.9. The third-order valence-corrected chi connectivity index (χ3v) is 4.88. The van der Waals surface area contributed by atoms with Gasteiger partial charge in [-0.3, -0.25) is 0 Å². The molecule has 144 valence electrons. The van der Waals surface area contributed by atoms with Crippen molar-refractivity contribution in [3.63, 3.8) is 0 Å². The summed E-state index contributed by atoms with van der Waals surface area (Å²) in [6.45, 7) is 0.556. The van der Waals surface area contributed by atoms with Crippen LogP contribution in [0.25, 0.3) is 5.69 Å². The summed E-state index contributed by atoms with van der Waals surface area (Å²) >= 11 is 6.03. The molecular formula is C20H20ClN5O2. The van der Waals surface area contributed by atoms with E-state index in [2.05, 4.69) is 15.7 Å². The van der Waals surface area contributed by atoms with E-state index in [9.17, 15) is 9.59 Å². The molecule has 4 rings (SSSR count). The zero-order valence-electron chi connectivity index (χ0n) is 15.1. The first kappa shape index (κ1) is 18.3. The number of nitrogens with one attached hydrogen (secondary N) is 2. The molecule has 2 aromatic carbocycles. The van der Waals surface area contributed by atoms with Gasteiger partial charge in [-0.05, 0) is 37.1 Å². The zero-order chi connectivity index (χ0) is 19.5. The van der Waals surface area contributed by atoms with Gasteiger partial charge < -0.3 is 10.6 Å². The molecule has 28 heavy (non-hydrogen) atoms. The monoisotopic (exact) mass is 397 g/mol. The molecule has 0 radical (unpaired) electrons. The van der Waals surface area contributed by atoms with Crippen molar-refractivity contribution >= 4 is 23.3 Å². The molecule has 2 amide bonds. The summed E-state index contributed by atoms with van der Waals surface area (Å²) in [6.07, 6.45) is 2.09. The molecule has 3 aromatic rings. The third kappa shape index (κ3) is 3.94. The third-order valence-electron chi connectivity index (χ3n) is 4.55. The summed E-state index contributed by atoms with van der Waals surface area (Å²) in [5.74, 6) is 1.11. The van der Waals surface area contributed by atoms with Crippen LogP contribution in [0.4, 0.5) is 10.5 Å². The lowest BCUT2D eigenvalue weighted by molar-refractivity contribution is 0.251. The Bertz CT molecular complexity index is 1040. The van der Waals surface area contributed by atoms with Crippen LogP contribution in [-0.2, 0) is 6.54 Å². The average molecular weight is 398 g/mol. The van der Waals surface area contributed by atoms with Crippen LogP contribution in [0.3, 0.4) is 0 Å². The SMILES string of the molecule is O=C(NCCn1nc(C2CC2)n(-c2ccccc2)c1=O)Nc1ccccc1Cl. The van der Waals surface area contributed by atoms with Gasteiger partial charge in [-0.2, -0.15) is 5.10 Å². The highest BCUT2D eigenvalue weighted by Crippen LogP contribution is 2.39. The maximum atomic E-state index is 12.9. The fourth-order valence-electron chi connectivity index (χ4n) is 3.00. The van der Waals surface area contributed by atoms with E-state index >= 15 is 0 Å². The molecule has 1 fully saturated rings. The summed E-state index contributed by atoms with van der Waals surface area (Å²) in [5, 5.41) is 10.4. The molecule has 0 aliphatic heterocycles.